The van der Waals surface area contributed by atoms with Crippen LogP contribution in [0.2, 0.25) is 0 Å². The van der Waals surface area contributed by atoms with Crippen LogP contribution in [0.1, 0.15) is 30.7 Å². The summed E-state index contributed by atoms with van der Waals surface area (Å²) in [5.41, 5.74) is 3.05. The van der Waals surface area contributed by atoms with E-state index in [1.807, 2.05) is 19.1 Å². The lowest BCUT2D eigenvalue weighted by molar-refractivity contribution is 0.0691. The molecule has 0 saturated heterocycles. The van der Waals surface area contributed by atoms with E-state index in [2.05, 4.69) is 35.9 Å². The number of hydrogen-bond donors (Lipinski definition) is 4. The monoisotopic (exact) mass is 564 g/mol. The lowest BCUT2D eigenvalue weighted by atomic mass is 9.81. The normalized spacial score (nSPS) is 9.79. The second kappa shape index (κ2) is 13.0. The number of halogens is 1. The van der Waals surface area contributed by atoms with E-state index in [4.69, 9.17) is 20.3 Å². The maximum atomic E-state index is 10.7. The number of rotatable bonds is 4. The van der Waals surface area contributed by atoms with E-state index < -0.39 is 19.1 Å². The number of thiazole rings is 2. The number of carboxylic acids is 2. The second-order valence-electron chi connectivity index (χ2n) is 6.41. The van der Waals surface area contributed by atoms with Crippen molar-refractivity contribution in [2.24, 2.45) is 0 Å². The Hall–Kier alpha value is -3.04. The lowest BCUT2D eigenvalue weighted by Gasteiger charge is -1.97. The van der Waals surface area contributed by atoms with Crippen molar-refractivity contribution in [3.05, 3.63) is 74.1 Å². The van der Waals surface area contributed by atoms with Crippen molar-refractivity contribution in [2.75, 3.05) is 0 Å². The Kier molecular flexibility index (Phi) is 10.4. The number of aryl methyl sites for hydroxylation is 2. The standard InChI is InChI=1S/C10H8N2O2S.C6H8BNO2.C4H2BrNO2S/c1-6-4-7(2-3-11-6)9-12-5-8(15-9)10(13)14;1-5-4-6(7(9)10)2-3-8-5;5-4-6-1-2(9-4)3(7)8/h2-5H,1H3,(H,13,14);2-4,9-10H,1H3;1H,(H,7,8). The Morgan fingerprint density at radius 2 is 1.41 bits per heavy atom. The van der Waals surface area contributed by atoms with Crippen molar-refractivity contribution < 1.29 is 29.9 Å². The Labute approximate surface area is 210 Å². The molecule has 0 bridgehead atoms. The summed E-state index contributed by atoms with van der Waals surface area (Å²) in [7, 11) is -1.39. The van der Waals surface area contributed by atoms with Crippen molar-refractivity contribution in [1.29, 1.82) is 0 Å². The first-order valence-corrected chi connectivity index (χ1v) is 11.7. The summed E-state index contributed by atoms with van der Waals surface area (Å²) in [5.74, 6) is -1.87. The minimum atomic E-state index is -1.39. The van der Waals surface area contributed by atoms with Crippen LogP contribution >= 0.6 is 38.6 Å². The molecular formula is C20H18BBrN4O6S2. The number of nitrogens with zero attached hydrogens (tertiary/aromatic N) is 4. The van der Waals surface area contributed by atoms with E-state index in [0.29, 0.717) is 14.4 Å². The molecule has 4 aromatic rings. The van der Waals surface area contributed by atoms with Crippen LogP contribution in [0.5, 0.6) is 0 Å². The Bertz CT molecular complexity index is 1270. The fourth-order valence-corrected chi connectivity index (χ4v) is 4.12. The average Bonchev–Trinajstić information content (AvgIpc) is 3.44. The Morgan fingerprint density at radius 3 is 1.82 bits per heavy atom. The molecule has 0 fully saturated rings. The molecule has 4 aromatic heterocycles. The Balaban J connectivity index is 0.000000189. The fourth-order valence-electron chi connectivity index (χ4n) is 2.26. The zero-order valence-electron chi connectivity index (χ0n) is 17.8. The first-order chi connectivity index (χ1) is 16.1. The van der Waals surface area contributed by atoms with Gasteiger partial charge < -0.3 is 20.3 Å². The zero-order valence-corrected chi connectivity index (χ0v) is 21.0. The summed E-state index contributed by atoms with van der Waals surface area (Å²) in [6, 6.07) is 6.89. The van der Waals surface area contributed by atoms with Crippen LogP contribution in [0, 0.1) is 13.8 Å². The molecule has 0 aliphatic rings. The molecule has 34 heavy (non-hydrogen) atoms. The van der Waals surface area contributed by atoms with Gasteiger partial charge in [-0.1, -0.05) is 0 Å². The van der Waals surface area contributed by atoms with Crippen LogP contribution in [0.15, 0.2) is 53.0 Å². The highest BCUT2D eigenvalue weighted by atomic mass is 79.9. The van der Waals surface area contributed by atoms with Gasteiger partial charge in [-0.2, -0.15) is 0 Å². The molecule has 0 atom stereocenters. The molecule has 0 saturated carbocycles. The summed E-state index contributed by atoms with van der Waals surface area (Å²) in [6.07, 6.45) is 5.92. The van der Waals surface area contributed by atoms with Gasteiger partial charge in [0.2, 0.25) is 0 Å². The van der Waals surface area contributed by atoms with Crippen molar-refractivity contribution >= 4 is 63.1 Å². The van der Waals surface area contributed by atoms with Gasteiger partial charge in [0.15, 0.2) is 3.92 Å². The minimum absolute atomic E-state index is 0.250. The summed E-state index contributed by atoms with van der Waals surface area (Å²) in [6.45, 7) is 3.68. The third-order valence-electron chi connectivity index (χ3n) is 3.77. The highest BCUT2D eigenvalue weighted by Crippen LogP contribution is 2.25. The second-order valence-corrected chi connectivity index (χ2v) is 9.74. The summed E-state index contributed by atoms with van der Waals surface area (Å²) in [5, 5.41) is 35.2. The van der Waals surface area contributed by atoms with E-state index in [1.165, 1.54) is 12.4 Å². The Morgan fingerprint density at radius 1 is 0.853 bits per heavy atom. The van der Waals surface area contributed by atoms with Crippen LogP contribution in [0.3, 0.4) is 0 Å². The smallest absolute Gasteiger partial charge is 0.477 e. The first kappa shape index (κ1) is 27.2. The van der Waals surface area contributed by atoms with Crippen LogP contribution in [-0.2, 0) is 0 Å². The number of aromatic nitrogens is 4. The van der Waals surface area contributed by atoms with Crippen LogP contribution in [0.4, 0.5) is 0 Å². The number of carboxylic acid groups (broad SMARTS) is 2. The molecule has 0 aliphatic carbocycles. The number of aromatic carboxylic acids is 2. The molecule has 4 N–H and O–H groups in total. The van der Waals surface area contributed by atoms with Crippen molar-refractivity contribution in [2.45, 2.75) is 13.8 Å². The van der Waals surface area contributed by atoms with Crippen LogP contribution in [0.25, 0.3) is 10.6 Å². The molecule has 0 amide bonds. The van der Waals surface area contributed by atoms with Crippen molar-refractivity contribution in [3.8, 4) is 10.6 Å². The van der Waals surface area contributed by atoms with Gasteiger partial charge in [0.05, 0.1) is 12.4 Å². The van der Waals surface area contributed by atoms with Gasteiger partial charge in [-0.25, -0.2) is 19.6 Å². The van der Waals surface area contributed by atoms with Gasteiger partial charge in [-0.15, -0.1) is 22.7 Å². The van der Waals surface area contributed by atoms with Gasteiger partial charge in [-0.3, -0.25) is 9.97 Å². The topological polar surface area (TPSA) is 167 Å². The molecule has 0 aromatic carbocycles. The summed E-state index contributed by atoms with van der Waals surface area (Å²) < 4.78 is 0.597. The summed E-state index contributed by atoms with van der Waals surface area (Å²) >= 11 is 5.31. The highest BCUT2D eigenvalue weighted by Gasteiger charge is 2.10. The molecule has 14 heteroatoms. The van der Waals surface area contributed by atoms with Crippen molar-refractivity contribution in [1.82, 2.24) is 19.9 Å². The molecule has 0 radical (unpaired) electrons. The maximum absolute atomic E-state index is 10.7. The van der Waals surface area contributed by atoms with E-state index in [9.17, 15) is 9.59 Å². The molecule has 176 valence electrons. The maximum Gasteiger partial charge on any atom is 0.488 e. The highest BCUT2D eigenvalue weighted by molar-refractivity contribution is 9.11. The van der Waals surface area contributed by atoms with Gasteiger partial charge >= 0.3 is 19.1 Å². The third kappa shape index (κ3) is 8.72. The number of pyridine rings is 2. The largest absolute Gasteiger partial charge is 0.488 e. The van der Waals surface area contributed by atoms with Gasteiger partial charge in [-0.05, 0) is 59.5 Å². The predicted octanol–water partition coefficient (Wildman–Crippen LogP) is 2.89. The molecule has 0 aliphatic heterocycles. The molecule has 4 rings (SSSR count). The number of carbonyl (C=O) groups is 2. The van der Waals surface area contributed by atoms with E-state index in [-0.39, 0.29) is 9.75 Å². The molecule has 0 spiro atoms. The molecular weight excluding hydrogens is 547 g/mol. The average molecular weight is 565 g/mol. The first-order valence-electron chi connectivity index (χ1n) is 9.32. The predicted molar refractivity (Wildman–Crippen MR) is 133 cm³/mol. The van der Waals surface area contributed by atoms with Crippen molar-refractivity contribution in [3.63, 3.8) is 0 Å². The van der Waals surface area contributed by atoms with Gasteiger partial charge in [0.1, 0.15) is 14.8 Å². The van der Waals surface area contributed by atoms with Crippen LogP contribution < -0.4 is 5.46 Å². The van der Waals surface area contributed by atoms with Gasteiger partial charge in [0.25, 0.3) is 0 Å². The van der Waals surface area contributed by atoms with Gasteiger partial charge in [0, 0.05) is 29.3 Å². The van der Waals surface area contributed by atoms with E-state index >= 15 is 0 Å². The minimum Gasteiger partial charge on any atom is -0.477 e. The summed E-state index contributed by atoms with van der Waals surface area (Å²) in [4.78, 5) is 37.1. The van der Waals surface area contributed by atoms with E-state index in [0.717, 1.165) is 39.6 Å². The third-order valence-corrected chi connectivity index (χ3v) is 6.27. The molecule has 4 heterocycles. The quantitative estimate of drug-likeness (QED) is 0.270. The number of hydrogen-bond acceptors (Lipinski definition) is 10. The van der Waals surface area contributed by atoms with E-state index in [1.54, 1.807) is 31.5 Å². The van der Waals surface area contributed by atoms with Crippen LogP contribution in [-0.4, -0.2) is 59.3 Å². The molecule has 0 unspecified atom stereocenters. The fraction of sp³-hybridized carbons (Fsp3) is 0.100. The zero-order chi connectivity index (χ0) is 25.3. The SMILES string of the molecule is Cc1cc(-c2ncc(C(=O)O)s2)ccn1.Cc1cc(B(O)O)ccn1.O=C(O)c1cnc(Br)s1. The molecule has 10 nitrogen and oxygen atoms in total. The lowest BCUT2D eigenvalue weighted by Crippen LogP contribution is -2.29.